The van der Waals surface area contributed by atoms with Crippen LogP contribution in [0, 0.1) is 0 Å². The van der Waals surface area contributed by atoms with Gasteiger partial charge in [0.25, 0.3) is 0 Å². The molecule has 0 aromatic heterocycles. The summed E-state index contributed by atoms with van der Waals surface area (Å²) in [6.45, 7) is 4.53. The predicted molar refractivity (Wildman–Crippen MR) is 233 cm³/mol. The van der Waals surface area contributed by atoms with Crippen molar-refractivity contribution in [2.45, 2.75) is 250 Å². The van der Waals surface area contributed by atoms with Crippen LogP contribution >= 0.6 is 0 Å². The third-order valence-electron chi connectivity index (χ3n) is 11.1. The molecule has 0 aromatic carbocycles. The molecule has 9 nitrogen and oxygen atoms in total. The third-order valence-corrected chi connectivity index (χ3v) is 11.1. The Morgan fingerprint density at radius 3 is 1.56 bits per heavy atom. The Balaban J connectivity index is 2.21. The predicted octanol–water partition coefficient (Wildman–Crippen LogP) is 11.0. The number of allylic oxidation sites excluding steroid dienone is 4. The number of rotatable bonds is 41. The van der Waals surface area contributed by atoms with Crippen LogP contribution in [0.1, 0.15) is 213 Å². The average Bonchev–Trinajstić information content (AvgIpc) is 3.21. The van der Waals surface area contributed by atoms with Crippen LogP contribution in [-0.4, -0.2) is 89.6 Å². The van der Waals surface area contributed by atoms with E-state index in [1.165, 1.54) is 135 Å². The number of carbonyl (C=O) groups excluding carboxylic acids is 1. The van der Waals surface area contributed by atoms with Crippen molar-refractivity contribution in [2.75, 3.05) is 26.4 Å². The first kappa shape index (κ1) is 53.7. The Morgan fingerprint density at radius 2 is 1.04 bits per heavy atom. The van der Waals surface area contributed by atoms with Crippen LogP contribution in [0.25, 0.3) is 0 Å². The molecule has 0 amide bonds. The van der Waals surface area contributed by atoms with Crippen LogP contribution in [0.3, 0.4) is 0 Å². The Kier molecular flexibility index (Phi) is 37.8. The lowest BCUT2D eigenvalue weighted by Gasteiger charge is -2.39. The second kappa shape index (κ2) is 40.1. The molecule has 1 heterocycles. The lowest BCUT2D eigenvalue weighted by molar-refractivity contribution is -0.305. The fourth-order valence-electron chi connectivity index (χ4n) is 7.33. The van der Waals surface area contributed by atoms with E-state index in [4.69, 9.17) is 18.9 Å². The normalized spacial score (nSPS) is 20.6. The molecule has 1 rings (SSSR count). The van der Waals surface area contributed by atoms with Crippen LogP contribution in [0.2, 0.25) is 0 Å². The van der Waals surface area contributed by atoms with Gasteiger partial charge in [-0.2, -0.15) is 0 Å². The van der Waals surface area contributed by atoms with E-state index >= 15 is 0 Å². The molecule has 0 radical (unpaired) electrons. The van der Waals surface area contributed by atoms with Crippen LogP contribution in [0.15, 0.2) is 24.3 Å². The quantitative estimate of drug-likeness (QED) is 0.0270. The molecule has 1 aliphatic rings. The average molecular weight is 811 g/mol. The Hall–Kier alpha value is -1.33. The second-order valence-corrected chi connectivity index (χ2v) is 16.6. The number of aliphatic hydroxyl groups is 4. The molecule has 57 heavy (non-hydrogen) atoms. The molecule has 0 bridgehead atoms. The summed E-state index contributed by atoms with van der Waals surface area (Å²) < 4.78 is 22.8. The fourth-order valence-corrected chi connectivity index (χ4v) is 7.33. The maximum absolute atomic E-state index is 12.8. The van der Waals surface area contributed by atoms with Crippen molar-refractivity contribution in [3.05, 3.63) is 24.3 Å². The Bertz CT molecular complexity index is 926. The minimum atomic E-state index is -1.54. The number of esters is 1. The van der Waals surface area contributed by atoms with E-state index in [0.717, 1.165) is 57.8 Å². The summed E-state index contributed by atoms with van der Waals surface area (Å²) in [5.74, 6) is -0.324. The maximum Gasteiger partial charge on any atom is 0.306 e. The number of hydrogen-bond acceptors (Lipinski definition) is 9. The molecule has 0 spiro atoms. The van der Waals surface area contributed by atoms with E-state index in [0.29, 0.717) is 13.0 Å². The largest absolute Gasteiger partial charge is 0.457 e. The van der Waals surface area contributed by atoms with Gasteiger partial charge >= 0.3 is 5.97 Å². The van der Waals surface area contributed by atoms with Crippen molar-refractivity contribution in [3.63, 3.8) is 0 Å². The van der Waals surface area contributed by atoms with Crippen molar-refractivity contribution < 1.29 is 44.2 Å². The molecule has 1 saturated heterocycles. The molecule has 6 unspecified atom stereocenters. The van der Waals surface area contributed by atoms with E-state index in [9.17, 15) is 25.2 Å². The summed E-state index contributed by atoms with van der Waals surface area (Å²) in [4.78, 5) is 12.8. The van der Waals surface area contributed by atoms with Gasteiger partial charge in [-0.3, -0.25) is 4.79 Å². The number of ether oxygens (including phenoxy) is 4. The first-order valence-corrected chi connectivity index (χ1v) is 23.9. The summed E-state index contributed by atoms with van der Waals surface area (Å²) >= 11 is 0. The molecule has 0 aromatic rings. The van der Waals surface area contributed by atoms with E-state index in [1.54, 1.807) is 0 Å². The minimum absolute atomic E-state index is 0.115. The zero-order valence-corrected chi connectivity index (χ0v) is 36.9. The van der Waals surface area contributed by atoms with Gasteiger partial charge in [0, 0.05) is 13.0 Å². The molecule has 1 fully saturated rings. The molecule has 1 aliphatic heterocycles. The Morgan fingerprint density at radius 1 is 0.561 bits per heavy atom. The summed E-state index contributed by atoms with van der Waals surface area (Å²) in [6.07, 6.45) is 39.2. The van der Waals surface area contributed by atoms with Crippen molar-refractivity contribution >= 4 is 5.97 Å². The maximum atomic E-state index is 12.8. The molecule has 0 saturated carbocycles. The van der Waals surface area contributed by atoms with Gasteiger partial charge < -0.3 is 39.4 Å². The number of aliphatic hydroxyl groups excluding tert-OH is 4. The highest BCUT2D eigenvalue weighted by Crippen LogP contribution is 2.23. The fraction of sp³-hybridized carbons (Fsp3) is 0.896. The standard InChI is InChI=1S/C48H90O9/c1-3-5-7-9-11-13-15-17-19-20-21-22-23-24-26-28-30-32-34-36-38-54-40-42(41-55-48-47(53)46(52)45(51)43(39-49)57-48)56-44(50)37-35-33-31-29-27-25-18-16-14-12-10-8-6-4-2/h10,12,16,18,42-43,45-49,51-53H,3-9,11,13-15,17,19-41H2,1-2H3/b12-10-,18-16-. The highest BCUT2D eigenvalue weighted by molar-refractivity contribution is 5.69. The number of unbranched alkanes of at least 4 members (excludes halogenated alkanes) is 26. The molecule has 9 heteroatoms. The van der Waals surface area contributed by atoms with E-state index < -0.39 is 43.4 Å². The molecule has 4 N–H and O–H groups in total. The number of carbonyl (C=O) groups is 1. The van der Waals surface area contributed by atoms with Gasteiger partial charge in [-0.05, 0) is 38.5 Å². The molecule has 6 atom stereocenters. The monoisotopic (exact) mass is 811 g/mol. The van der Waals surface area contributed by atoms with Crippen molar-refractivity contribution in [3.8, 4) is 0 Å². The van der Waals surface area contributed by atoms with Gasteiger partial charge in [0.15, 0.2) is 6.29 Å². The zero-order valence-electron chi connectivity index (χ0n) is 36.9. The summed E-state index contributed by atoms with van der Waals surface area (Å²) in [6, 6.07) is 0. The van der Waals surface area contributed by atoms with Gasteiger partial charge in [0.05, 0.1) is 19.8 Å². The zero-order chi connectivity index (χ0) is 41.4. The van der Waals surface area contributed by atoms with Crippen LogP contribution in [0.4, 0.5) is 0 Å². The molecule has 0 aliphatic carbocycles. The van der Waals surface area contributed by atoms with E-state index in [1.807, 2.05) is 0 Å². The Labute approximate surface area is 349 Å². The smallest absolute Gasteiger partial charge is 0.306 e. The van der Waals surface area contributed by atoms with Crippen molar-refractivity contribution in [1.82, 2.24) is 0 Å². The molecular weight excluding hydrogens is 721 g/mol. The van der Waals surface area contributed by atoms with E-state index in [2.05, 4.69) is 38.2 Å². The highest BCUT2D eigenvalue weighted by atomic mass is 16.7. The van der Waals surface area contributed by atoms with Crippen molar-refractivity contribution in [1.29, 1.82) is 0 Å². The molecule has 336 valence electrons. The van der Waals surface area contributed by atoms with Gasteiger partial charge in [0.2, 0.25) is 0 Å². The summed E-state index contributed by atoms with van der Waals surface area (Å²) in [5, 5.41) is 40.1. The van der Waals surface area contributed by atoms with Gasteiger partial charge in [-0.15, -0.1) is 0 Å². The minimum Gasteiger partial charge on any atom is -0.457 e. The highest BCUT2D eigenvalue weighted by Gasteiger charge is 2.44. The second-order valence-electron chi connectivity index (χ2n) is 16.6. The SMILES string of the molecule is CCCC/C=C\C/C=C\CCCCCCCC(=O)OC(COCCCCCCCCCCCCCCCCCCCCCC)COC1OC(CO)C(O)C(O)C1O. The van der Waals surface area contributed by atoms with Gasteiger partial charge in [-0.1, -0.05) is 192 Å². The van der Waals surface area contributed by atoms with Gasteiger partial charge in [-0.25, -0.2) is 0 Å². The van der Waals surface area contributed by atoms with Gasteiger partial charge in [0.1, 0.15) is 30.5 Å². The summed E-state index contributed by atoms with van der Waals surface area (Å²) in [7, 11) is 0. The lowest BCUT2D eigenvalue weighted by atomic mass is 9.99. The van der Waals surface area contributed by atoms with Crippen LogP contribution in [0.5, 0.6) is 0 Å². The van der Waals surface area contributed by atoms with Crippen molar-refractivity contribution in [2.24, 2.45) is 0 Å². The van der Waals surface area contributed by atoms with Crippen LogP contribution in [-0.2, 0) is 23.7 Å². The number of hydrogen-bond donors (Lipinski definition) is 4. The van der Waals surface area contributed by atoms with Crippen LogP contribution < -0.4 is 0 Å². The third kappa shape index (κ3) is 31.2. The first-order chi connectivity index (χ1) is 27.9. The first-order valence-electron chi connectivity index (χ1n) is 23.9. The topological polar surface area (TPSA) is 135 Å². The lowest BCUT2D eigenvalue weighted by Crippen LogP contribution is -2.59. The molecular formula is C48H90O9. The summed E-state index contributed by atoms with van der Waals surface area (Å²) in [5.41, 5.74) is 0. The van der Waals surface area contributed by atoms with E-state index in [-0.39, 0.29) is 19.2 Å².